The maximum absolute atomic E-state index is 9.90. The molecule has 0 aliphatic carbocycles. The van der Waals surface area contributed by atoms with Gasteiger partial charge >= 0.3 is 0 Å². The van der Waals surface area contributed by atoms with E-state index in [1.165, 1.54) is 4.88 Å². The highest BCUT2D eigenvalue weighted by Crippen LogP contribution is 2.47. The van der Waals surface area contributed by atoms with E-state index in [1.807, 2.05) is 26.1 Å². The molecule has 2 atom stereocenters. The monoisotopic (exact) mass is 376 g/mol. The summed E-state index contributed by atoms with van der Waals surface area (Å²) < 4.78 is 5.57. The molecule has 2 unspecified atom stereocenters. The summed E-state index contributed by atoms with van der Waals surface area (Å²) in [5.41, 5.74) is 4.00. The van der Waals surface area contributed by atoms with E-state index in [0.29, 0.717) is 11.3 Å². The van der Waals surface area contributed by atoms with E-state index in [1.54, 1.807) is 30.6 Å². The Kier molecular flexibility index (Phi) is 5.39. The minimum atomic E-state index is -0.417. The van der Waals surface area contributed by atoms with Crippen molar-refractivity contribution in [3.63, 3.8) is 0 Å². The van der Waals surface area contributed by atoms with Gasteiger partial charge in [-0.05, 0) is 32.4 Å². The fourth-order valence-electron chi connectivity index (χ4n) is 3.45. The van der Waals surface area contributed by atoms with Gasteiger partial charge in [0.1, 0.15) is 10.8 Å². The van der Waals surface area contributed by atoms with Crippen LogP contribution in [0.3, 0.4) is 0 Å². The Hall–Kier alpha value is -2.96. The average Bonchev–Trinajstić information content (AvgIpc) is 3.15. The molecule has 5 nitrogen and oxygen atoms in total. The number of benzene rings is 1. The molecular weight excluding hydrogens is 356 g/mol. The second kappa shape index (κ2) is 7.73. The van der Waals surface area contributed by atoms with Gasteiger partial charge in [0.25, 0.3) is 0 Å². The van der Waals surface area contributed by atoms with E-state index < -0.39 is 5.92 Å². The summed E-state index contributed by atoms with van der Waals surface area (Å²) in [6.07, 6.45) is 2.80. The van der Waals surface area contributed by atoms with Gasteiger partial charge in [0.2, 0.25) is 0 Å². The topological polar surface area (TPSA) is 82.1 Å². The number of aromatic nitrogens is 1. The number of aryl methyl sites for hydroxylation is 1. The van der Waals surface area contributed by atoms with Crippen LogP contribution in [0.5, 0.6) is 5.75 Å². The summed E-state index contributed by atoms with van der Waals surface area (Å²) in [6, 6.07) is 9.92. The van der Waals surface area contributed by atoms with Gasteiger partial charge in [-0.3, -0.25) is 4.99 Å². The van der Waals surface area contributed by atoms with Crippen molar-refractivity contribution in [2.24, 2.45) is 10.9 Å². The Morgan fingerprint density at radius 3 is 2.63 bits per heavy atom. The van der Waals surface area contributed by atoms with E-state index in [9.17, 15) is 10.5 Å². The number of nitriles is 2. The fourth-order valence-corrected chi connectivity index (χ4v) is 4.44. The Labute approximate surface area is 163 Å². The third-order valence-electron chi connectivity index (χ3n) is 4.80. The molecule has 2 heterocycles. The van der Waals surface area contributed by atoms with Crippen LogP contribution in [-0.2, 0) is 6.42 Å². The van der Waals surface area contributed by atoms with Crippen LogP contribution < -0.4 is 4.74 Å². The lowest BCUT2D eigenvalue weighted by Crippen LogP contribution is -2.25. The van der Waals surface area contributed by atoms with Crippen molar-refractivity contribution in [3.05, 3.63) is 51.1 Å². The average molecular weight is 376 g/mol. The van der Waals surface area contributed by atoms with Crippen LogP contribution in [0.1, 0.15) is 47.7 Å². The van der Waals surface area contributed by atoms with Crippen LogP contribution in [0.25, 0.3) is 5.57 Å². The second-order valence-corrected chi connectivity index (χ2v) is 7.51. The van der Waals surface area contributed by atoms with Crippen LogP contribution >= 0.6 is 11.3 Å². The standard InChI is InChI=1S/C21H20N4OS/c1-5-15-11-24-21(27-15)19-13(3)25-12(2)17(10-23)20(19)16-7-6-14(9-22)8-18(16)26-4/h6-8,11,17,20H,5H2,1-4H3. The minimum absolute atomic E-state index is 0.244. The fraction of sp³-hybridized carbons (Fsp3) is 0.333. The van der Waals surface area contributed by atoms with Crippen molar-refractivity contribution in [2.45, 2.75) is 33.1 Å². The Bertz CT molecular complexity index is 1020. The summed E-state index contributed by atoms with van der Waals surface area (Å²) in [4.78, 5) is 10.4. The largest absolute Gasteiger partial charge is 0.496 e. The van der Waals surface area contributed by atoms with E-state index in [0.717, 1.165) is 34.0 Å². The summed E-state index contributed by atoms with van der Waals surface area (Å²) in [5.74, 6) is -0.0582. The maximum atomic E-state index is 9.90. The second-order valence-electron chi connectivity index (χ2n) is 6.39. The number of methoxy groups -OCH3 is 1. The van der Waals surface area contributed by atoms with Gasteiger partial charge in [0, 0.05) is 39.5 Å². The van der Waals surface area contributed by atoms with Gasteiger partial charge < -0.3 is 4.74 Å². The van der Waals surface area contributed by atoms with Crippen molar-refractivity contribution < 1.29 is 4.74 Å². The first kappa shape index (κ1) is 18.8. The minimum Gasteiger partial charge on any atom is -0.496 e. The number of ether oxygens (including phenoxy) is 1. The Morgan fingerprint density at radius 2 is 2.04 bits per heavy atom. The molecule has 27 heavy (non-hydrogen) atoms. The molecule has 0 spiro atoms. The van der Waals surface area contributed by atoms with Gasteiger partial charge in [-0.15, -0.1) is 11.3 Å². The molecule has 0 N–H and O–H groups in total. The molecule has 1 aliphatic heterocycles. The van der Waals surface area contributed by atoms with Gasteiger partial charge in [-0.2, -0.15) is 10.5 Å². The summed E-state index contributed by atoms with van der Waals surface area (Å²) >= 11 is 1.64. The molecular formula is C21H20N4OS. The molecule has 0 saturated carbocycles. The highest BCUT2D eigenvalue weighted by Gasteiger charge is 2.37. The number of rotatable bonds is 4. The predicted molar refractivity (Wildman–Crippen MR) is 107 cm³/mol. The van der Waals surface area contributed by atoms with Gasteiger partial charge in [0.05, 0.1) is 30.7 Å². The summed E-state index contributed by atoms with van der Waals surface area (Å²) in [6.45, 7) is 5.94. The number of hydrogen-bond acceptors (Lipinski definition) is 6. The molecule has 3 rings (SSSR count). The SMILES string of the molecule is CCc1cnc(C2=C(C)N=C(C)C(C#N)C2c2ccc(C#N)cc2OC)s1. The Morgan fingerprint density at radius 1 is 1.26 bits per heavy atom. The van der Waals surface area contributed by atoms with Crippen molar-refractivity contribution in [1.82, 2.24) is 4.98 Å². The van der Waals surface area contributed by atoms with Gasteiger partial charge in [-0.1, -0.05) is 13.0 Å². The lowest BCUT2D eigenvalue weighted by molar-refractivity contribution is 0.407. The number of thiazole rings is 1. The zero-order valence-corrected chi connectivity index (χ0v) is 16.6. The first-order valence-corrected chi connectivity index (χ1v) is 9.54. The van der Waals surface area contributed by atoms with Crippen LogP contribution in [0.2, 0.25) is 0 Å². The molecule has 0 saturated heterocycles. The molecule has 0 fully saturated rings. The van der Waals surface area contributed by atoms with E-state index in [4.69, 9.17) is 4.74 Å². The molecule has 1 aliphatic rings. The smallest absolute Gasteiger partial charge is 0.124 e. The normalized spacial score (nSPS) is 19.3. The molecule has 0 radical (unpaired) electrons. The van der Waals surface area contributed by atoms with Crippen LogP contribution in [0, 0.1) is 28.6 Å². The predicted octanol–water partition coefficient (Wildman–Crippen LogP) is 4.71. The number of nitrogens with zero attached hydrogens (tertiary/aromatic N) is 4. The van der Waals surface area contributed by atoms with Crippen molar-refractivity contribution >= 4 is 22.6 Å². The molecule has 0 bridgehead atoms. The highest BCUT2D eigenvalue weighted by molar-refractivity contribution is 7.12. The van der Waals surface area contributed by atoms with Crippen molar-refractivity contribution in [3.8, 4) is 17.9 Å². The number of hydrogen-bond donors (Lipinski definition) is 0. The maximum Gasteiger partial charge on any atom is 0.124 e. The first-order chi connectivity index (χ1) is 13.0. The Balaban J connectivity index is 2.25. The molecule has 1 aromatic heterocycles. The molecule has 0 amide bonds. The van der Waals surface area contributed by atoms with E-state index >= 15 is 0 Å². The van der Waals surface area contributed by atoms with Gasteiger partial charge in [0.15, 0.2) is 0 Å². The number of allylic oxidation sites excluding steroid dienone is 2. The van der Waals surface area contributed by atoms with E-state index in [2.05, 4.69) is 29.0 Å². The van der Waals surface area contributed by atoms with Crippen molar-refractivity contribution in [2.75, 3.05) is 7.11 Å². The third-order valence-corrected chi connectivity index (χ3v) is 5.97. The van der Waals surface area contributed by atoms with Crippen LogP contribution in [0.15, 0.2) is 35.1 Å². The van der Waals surface area contributed by atoms with E-state index in [-0.39, 0.29) is 5.92 Å². The molecule has 2 aromatic rings. The lowest BCUT2D eigenvalue weighted by Gasteiger charge is -2.30. The highest BCUT2D eigenvalue weighted by atomic mass is 32.1. The molecule has 136 valence electrons. The molecule has 1 aromatic carbocycles. The number of aliphatic imine (C=N–C) groups is 1. The van der Waals surface area contributed by atoms with Crippen LogP contribution in [0.4, 0.5) is 0 Å². The zero-order chi connectivity index (χ0) is 19.6. The first-order valence-electron chi connectivity index (χ1n) is 8.72. The van der Waals surface area contributed by atoms with Gasteiger partial charge in [-0.25, -0.2) is 4.98 Å². The molecule has 6 heteroatoms. The van der Waals surface area contributed by atoms with Crippen LogP contribution in [-0.4, -0.2) is 17.8 Å². The quantitative estimate of drug-likeness (QED) is 0.773. The zero-order valence-electron chi connectivity index (χ0n) is 15.8. The third kappa shape index (κ3) is 3.37. The summed E-state index contributed by atoms with van der Waals surface area (Å²) in [7, 11) is 1.58. The lowest BCUT2D eigenvalue weighted by atomic mass is 9.76. The summed E-state index contributed by atoms with van der Waals surface area (Å²) in [5, 5.41) is 20.0. The van der Waals surface area contributed by atoms with Crippen molar-refractivity contribution in [1.29, 1.82) is 10.5 Å².